The number of nitrogens with zero attached hydrogens (tertiary/aromatic N) is 1. The third-order valence-corrected chi connectivity index (χ3v) is 6.91. The molecule has 0 radical (unpaired) electrons. The Kier molecular flexibility index (Phi) is 8.39. The minimum absolute atomic E-state index is 0.0201. The summed E-state index contributed by atoms with van der Waals surface area (Å²) in [6.45, 7) is 1.15. The highest BCUT2D eigenvalue weighted by molar-refractivity contribution is 7.89. The summed E-state index contributed by atoms with van der Waals surface area (Å²) in [7, 11) is -3.76. The van der Waals surface area contributed by atoms with Crippen molar-refractivity contribution < 1.29 is 27.5 Å². The Labute approximate surface area is 196 Å². The molecule has 176 valence electrons. The summed E-state index contributed by atoms with van der Waals surface area (Å²) >= 11 is 5.78. The van der Waals surface area contributed by atoms with Crippen LogP contribution >= 0.6 is 11.6 Å². The topological polar surface area (TPSA) is 134 Å². The van der Waals surface area contributed by atoms with E-state index in [-0.39, 0.29) is 42.4 Å². The van der Waals surface area contributed by atoms with Gasteiger partial charge in [0.05, 0.1) is 18.1 Å². The van der Waals surface area contributed by atoms with Crippen molar-refractivity contribution in [2.75, 3.05) is 32.8 Å². The molecule has 0 unspecified atom stereocenters. The van der Waals surface area contributed by atoms with Gasteiger partial charge in [0.25, 0.3) is 11.8 Å². The second-order valence-electron chi connectivity index (χ2n) is 7.06. The first-order chi connectivity index (χ1) is 15.8. The Bertz CT molecular complexity index is 1120. The molecule has 3 amide bonds. The number of carbonyl (C=O) groups is 3. The molecule has 2 aromatic rings. The molecule has 0 saturated carbocycles. The Morgan fingerprint density at radius 3 is 2.33 bits per heavy atom. The number of morpholine rings is 1. The Balaban J connectivity index is 1.48. The summed E-state index contributed by atoms with van der Waals surface area (Å²) in [5.74, 6) is -1.56. The number of amides is 3. The van der Waals surface area contributed by atoms with Crippen LogP contribution in [0.1, 0.15) is 27.1 Å². The highest BCUT2D eigenvalue weighted by Gasteiger charge is 2.26. The van der Waals surface area contributed by atoms with Crippen LogP contribution < -0.4 is 16.2 Å². The number of sulfonamides is 1. The zero-order valence-electron chi connectivity index (χ0n) is 17.5. The molecular formula is C21H23ClN4O6S. The predicted octanol–water partition coefficient (Wildman–Crippen LogP) is 0.942. The molecule has 3 N–H and O–H groups in total. The van der Waals surface area contributed by atoms with E-state index in [1.165, 1.54) is 28.6 Å². The van der Waals surface area contributed by atoms with E-state index in [4.69, 9.17) is 16.3 Å². The molecule has 3 rings (SSSR count). The minimum atomic E-state index is -3.76. The van der Waals surface area contributed by atoms with E-state index in [0.29, 0.717) is 23.8 Å². The van der Waals surface area contributed by atoms with E-state index in [1.54, 1.807) is 24.3 Å². The van der Waals surface area contributed by atoms with Gasteiger partial charge in [0.1, 0.15) is 0 Å². The predicted molar refractivity (Wildman–Crippen MR) is 120 cm³/mol. The van der Waals surface area contributed by atoms with Crippen molar-refractivity contribution in [3.63, 3.8) is 0 Å². The number of hydrazine groups is 1. The summed E-state index contributed by atoms with van der Waals surface area (Å²) < 4.78 is 32.0. The van der Waals surface area contributed by atoms with E-state index >= 15 is 0 Å². The van der Waals surface area contributed by atoms with Crippen LogP contribution in [0.15, 0.2) is 53.4 Å². The highest BCUT2D eigenvalue weighted by atomic mass is 35.5. The SMILES string of the molecule is O=C(CCNC(=O)c1ccc(Cl)cc1)NNC(=O)c1cccc(S(=O)(=O)N2CCOCC2)c1. The van der Waals surface area contributed by atoms with Crippen molar-refractivity contribution in [2.45, 2.75) is 11.3 Å². The smallest absolute Gasteiger partial charge is 0.269 e. The molecule has 12 heteroatoms. The van der Waals surface area contributed by atoms with Crippen LogP contribution in [-0.4, -0.2) is 63.3 Å². The number of ether oxygens (including phenoxy) is 1. The fourth-order valence-electron chi connectivity index (χ4n) is 2.99. The molecule has 0 aromatic heterocycles. The molecule has 0 atom stereocenters. The lowest BCUT2D eigenvalue weighted by molar-refractivity contribution is -0.121. The van der Waals surface area contributed by atoms with E-state index in [2.05, 4.69) is 16.2 Å². The van der Waals surface area contributed by atoms with Gasteiger partial charge in [-0.2, -0.15) is 4.31 Å². The van der Waals surface area contributed by atoms with E-state index in [9.17, 15) is 22.8 Å². The van der Waals surface area contributed by atoms with Gasteiger partial charge in [0, 0.05) is 42.2 Å². The van der Waals surface area contributed by atoms with Crippen molar-refractivity contribution in [3.8, 4) is 0 Å². The number of halogens is 1. The van der Waals surface area contributed by atoms with Crippen LogP contribution in [-0.2, 0) is 19.6 Å². The highest BCUT2D eigenvalue weighted by Crippen LogP contribution is 2.18. The second kappa shape index (κ2) is 11.2. The Morgan fingerprint density at radius 1 is 0.939 bits per heavy atom. The summed E-state index contributed by atoms with van der Waals surface area (Å²) in [5, 5.41) is 3.09. The Hall–Kier alpha value is -2.99. The fourth-order valence-corrected chi connectivity index (χ4v) is 4.57. The van der Waals surface area contributed by atoms with Gasteiger partial charge in [-0.25, -0.2) is 8.42 Å². The maximum atomic E-state index is 12.7. The van der Waals surface area contributed by atoms with E-state index in [0.717, 1.165) is 0 Å². The molecule has 2 aromatic carbocycles. The number of hydrogen-bond acceptors (Lipinski definition) is 6. The Morgan fingerprint density at radius 2 is 1.64 bits per heavy atom. The third-order valence-electron chi connectivity index (χ3n) is 4.76. The monoisotopic (exact) mass is 494 g/mol. The van der Waals surface area contributed by atoms with Crippen LogP contribution in [0.2, 0.25) is 5.02 Å². The van der Waals surface area contributed by atoms with Crippen molar-refractivity contribution in [3.05, 3.63) is 64.7 Å². The van der Waals surface area contributed by atoms with Gasteiger partial charge in [0.15, 0.2) is 0 Å². The van der Waals surface area contributed by atoms with Crippen LogP contribution in [0.3, 0.4) is 0 Å². The van der Waals surface area contributed by atoms with Crippen LogP contribution in [0.4, 0.5) is 0 Å². The lowest BCUT2D eigenvalue weighted by Crippen LogP contribution is -2.43. The molecule has 33 heavy (non-hydrogen) atoms. The minimum Gasteiger partial charge on any atom is -0.379 e. The van der Waals surface area contributed by atoms with Crippen molar-refractivity contribution in [2.24, 2.45) is 0 Å². The van der Waals surface area contributed by atoms with Gasteiger partial charge in [-0.05, 0) is 42.5 Å². The standard InChI is InChI=1S/C21H23ClN4O6S/c22-17-6-4-15(5-7-17)20(28)23-9-8-19(27)24-25-21(29)16-2-1-3-18(14-16)33(30,31)26-10-12-32-13-11-26/h1-7,14H,8-13H2,(H,23,28)(H,24,27)(H,25,29). The molecular weight excluding hydrogens is 472 g/mol. The number of nitrogens with one attached hydrogen (secondary N) is 3. The second-order valence-corrected chi connectivity index (χ2v) is 9.43. The summed E-state index contributed by atoms with van der Waals surface area (Å²) in [6.07, 6.45) is -0.0783. The molecule has 1 saturated heterocycles. The van der Waals surface area contributed by atoms with Gasteiger partial charge >= 0.3 is 0 Å². The van der Waals surface area contributed by atoms with Crippen molar-refractivity contribution >= 4 is 39.3 Å². The molecule has 1 aliphatic heterocycles. The van der Waals surface area contributed by atoms with Crippen molar-refractivity contribution in [1.29, 1.82) is 0 Å². The number of hydrogen-bond donors (Lipinski definition) is 3. The molecule has 1 aliphatic rings. The summed E-state index contributed by atoms with van der Waals surface area (Å²) in [5.41, 5.74) is 4.95. The lowest BCUT2D eigenvalue weighted by Gasteiger charge is -2.26. The van der Waals surface area contributed by atoms with Crippen molar-refractivity contribution in [1.82, 2.24) is 20.5 Å². The molecule has 10 nitrogen and oxygen atoms in total. The molecule has 0 spiro atoms. The fraction of sp³-hybridized carbons (Fsp3) is 0.286. The lowest BCUT2D eigenvalue weighted by atomic mass is 10.2. The zero-order valence-corrected chi connectivity index (χ0v) is 19.1. The van der Waals surface area contributed by atoms with E-state index < -0.39 is 21.8 Å². The van der Waals surface area contributed by atoms with Gasteiger partial charge in [-0.15, -0.1) is 0 Å². The van der Waals surface area contributed by atoms with Gasteiger partial charge in [-0.1, -0.05) is 17.7 Å². The number of rotatable bonds is 7. The van der Waals surface area contributed by atoms with Crippen LogP contribution in [0, 0.1) is 0 Å². The molecule has 0 aliphatic carbocycles. The molecule has 1 fully saturated rings. The molecule has 1 heterocycles. The largest absolute Gasteiger partial charge is 0.379 e. The number of benzene rings is 2. The quantitative estimate of drug-likeness (QED) is 0.490. The van der Waals surface area contributed by atoms with Gasteiger partial charge < -0.3 is 10.1 Å². The normalized spacial score (nSPS) is 14.3. The first kappa shape index (κ1) is 24.6. The molecule has 0 bridgehead atoms. The van der Waals surface area contributed by atoms with Gasteiger partial charge in [-0.3, -0.25) is 25.2 Å². The first-order valence-electron chi connectivity index (χ1n) is 10.1. The first-order valence-corrected chi connectivity index (χ1v) is 11.9. The van der Waals surface area contributed by atoms with Crippen LogP contribution in [0.25, 0.3) is 0 Å². The maximum Gasteiger partial charge on any atom is 0.269 e. The summed E-state index contributed by atoms with van der Waals surface area (Å²) in [6, 6.07) is 11.8. The van der Waals surface area contributed by atoms with Gasteiger partial charge in [0.2, 0.25) is 15.9 Å². The van der Waals surface area contributed by atoms with E-state index in [1.807, 2.05) is 0 Å². The average molecular weight is 495 g/mol. The zero-order chi connectivity index (χ0) is 23.8. The summed E-state index contributed by atoms with van der Waals surface area (Å²) in [4.78, 5) is 36.3. The average Bonchev–Trinajstić information content (AvgIpc) is 2.83. The third kappa shape index (κ3) is 6.75. The van der Waals surface area contributed by atoms with Crippen LogP contribution in [0.5, 0.6) is 0 Å². The number of carbonyl (C=O) groups excluding carboxylic acids is 3. The maximum absolute atomic E-state index is 12.7.